The summed E-state index contributed by atoms with van der Waals surface area (Å²) >= 11 is 0. The van der Waals surface area contributed by atoms with Crippen molar-refractivity contribution in [1.82, 2.24) is 0 Å². The molecule has 0 N–H and O–H groups in total. The third kappa shape index (κ3) is 15.7. The van der Waals surface area contributed by atoms with Crippen LogP contribution in [0.2, 0.25) is 0 Å². The van der Waals surface area contributed by atoms with E-state index < -0.39 is 119 Å². The monoisotopic (exact) mass is 920 g/mol. The Morgan fingerprint density at radius 2 is 0.778 bits per heavy atom. The van der Waals surface area contributed by atoms with Gasteiger partial charge in [0.05, 0.1) is 26.1 Å². The van der Waals surface area contributed by atoms with Crippen LogP contribution in [0.4, 0.5) is 65.9 Å². The van der Waals surface area contributed by atoms with Crippen LogP contribution in [-0.4, -0.2) is 25.4 Å². The predicted octanol–water partition coefficient (Wildman–Crippen LogP) is 14.6. The third-order valence-corrected chi connectivity index (χ3v) is 9.87. The minimum absolute atomic E-state index is 0.0772. The van der Waals surface area contributed by atoms with E-state index in [1.165, 1.54) is 0 Å². The quantitative estimate of drug-likeness (QED) is 0.0518. The fourth-order valence-electron chi connectivity index (χ4n) is 6.42. The Hall–Kier alpha value is -4.97. The molecule has 0 aliphatic rings. The first kappa shape index (κ1) is 50.7. The van der Waals surface area contributed by atoms with E-state index in [0.717, 1.165) is 69.7 Å². The van der Waals surface area contributed by atoms with Crippen LogP contribution in [0.15, 0.2) is 48.5 Å². The Balaban J connectivity index is 1.07. The maximum atomic E-state index is 14.6. The summed E-state index contributed by atoms with van der Waals surface area (Å²) in [4.78, 5) is 0. The van der Waals surface area contributed by atoms with Gasteiger partial charge in [0.2, 0.25) is 0 Å². The zero-order valence-corrected chi connectivity index (χ0v) is 33.9. The maximum absolute atomic E-state index is 14.6. The van der Waals surface area contributed by atoms with E-state index in [9.17, 15) is 65.9 Å². The molecule has 4 rings (SSSR count). The molecule has 4 nitrogen and oxygen atoms in total. The summed E-state index contributed by atoms with van der Waals surface area (Å²) in [6, 6.07) is 4.37. The average molecular weight is 921 g/mol. The second kappa shape index (κ2) is 22.1. The van der Waals surface area contributed by atoms with Crippen LogP contribution in [0, 0.1) is 59.4 Å². The summed E-state index contributed by atoms with van der Waals surface area (Å²) < 4.78 is 228. The van der Waals surface area contributed by atoms with Gasteiger partial charge in [0, 0.05) is 65.2 Å². The lowest BCUT2D eigenvalue weighted by Gasteiger charge is -2.19. The van der Waals surface area contributed by atoms with Crippen molar-refractivity contribution in [3.8, 4) is 23.0 Å². The fourth-order valence-corrected chi connectivity index (χ4v) is 6.42. The SMILES string of the molecule is Cc1c(F)cc(OC(F)(F)CCc2c(F)cc(OCCCCCC(C)CCCCCOc3cc(F)c(CCC(F)(F)Oc4cc(F)c(C(F)(F)F)c(F)c4)c(F)c3)cc2F)cc1F. The van der Waals surface area contributed by atoms with Gasteiger partial charge in [0.25, 0.3) is 0 Å². The molecule has 0 fully saturated rings. The Labute approximate surface area is 353 Å². The zero-order valence-electron chi connectivity index (χ0n) is 33.9. The Bertz CT molecular complexity index is 2050. The van der Waals surface area contributed by atoms with E-state index in [1.54, 1.807) is 0 Å². The standard InChI is InChI=1S/C44H43F15O4/c1-25(9-5-3-7-15-60-27-17-35(47)31(36(48)18-27)11-13-42(53,54)62-29-21-33(45)26(2)34(46)22-29)10-6-4-8-16-61-28-19-37(49)32(38(50)20-28)12-14-43(55,56)63-30-23-39(51)41(40(52)24-30)44(57,58)59/h17-25H,3-16H2,1-2H3. The molecule has 0 spiro atoms. The van der Waals surface area contributed by atoms with Crippen molar-refractivity contribution in [2.45, 2.75) is 109 Å². The minimum atomic E-state index is -5.43. The number of unbranched alkanes of at least 4 members (excludes halogenated alkanes) is 4. The van der Waals surface area contributed by atoms with Gasteiger partial charge < -0.3 is 18.9 Å². The first-order valence-electron chi connectivity index (χ1n) is 19.8. The van der Waals surface area contributed by atoms with Gasteiger partial charge in [-0.15, -0.1) is 0 Å². The molecule has 0 saturated heterocycles. The Morgan fingerprint density at radius 3 is 1.13 bits per heavy atom. The van der Waals surface area contributed by atoms with Crippen molar-refractivity contribution in [3.63, 3.8) is 0 Å². The molecule has 0 radical (unpaired) electrons. The van der Waals surface area contributed by atoms with Crippen molar-refractivity contribution in [3.05, 3.63) is 117 Å². The van der Waals surface area contributed by atoms with Crippen molar-refractivity contribution < 1.29 is 84.8 Å². The van der Waals surface area contributed by atoms with E-state index in [1.807, 2.05) is 0 Å². The summed E-state index contributed by atoms with van der Waals surface area (Å²) in [7, 11) is 0. The highest BCUT2D eigenvalue weighted by atomic mass is 19.4. The lowest BCUT2D eigenvalue weighted by atomic mass is 9.97. The molecule has 0 bridgehead atoms. The molecule has 4 aromatic rings. The highest BCUT2D eigenvalue weighted by Crippen LogP contribution is 2.37. The van der Waals surface area contributed by atoms with Gasteiger partial charge in [0.15, 0.2) is 0 Å². The van der Waals surface area contributed by atoms with Gasteiger partial charge >= 0.3 is 18.4 Å². The summed E-state index contributed by atoms with van der Waals surface area (Å²) in [6.07, 6.45) is -12.0. The van der Waals surface area contributed by atoms with Crippen LogP contribution in [0.1, 0.15) is 93.4 Å². The van der Waals surface area contributed by atoms with E-state index in [2.05, 4.69) is 16.4 Å². The lowest BCUT2D eigenvalue weighted by molar-refractivity contribution is -0.181. The van der Waals surface area contributed by atoms with Crippen molar-refractivity contribution in [2.75, 3.05) is 13.2 Å². The molecule has 4 aromatic carbocycles. The topological polar surface area (TPSA) is 36.9 Å². The molecule has 0 amide bonds. The number of ether oxygens (including phenoxy) is 4. The molecule has 348 valence electrons. The van der Waals surface area contributed by atoms with Crippen LogP contribution in [0.5, 0.6) is 23.0 Å². The van der Waals surface area contributed by atoms with E-state index in [4.69, 9.17) is 9.47 Å². The fraction of sp³-hybridized carbons (Fsp3) is 0.455. The van der Waals surface area contributed by atoms with Crippen LogP contribution < -0.4 is 18.9 Å². The highest BCUT2D eigenvalue weighted by Gasteiger charge is 2.40. The molecule has 1 atom stereocenters. The molecular formula is C44H43F15O4. The van der Waals surface area contributed by atoms with Crippen LogP contribution in [0.3, 0.4) is 0 Å². The molecular weight excluding hydrogens is 877 g/mol. The smallest absolute Gasteiger partial charge is 0.422 e. The van der Waals surface area contributed by atoms with Crippen LogP contribution >= 0.6 is 0 Å². The largest absolute Gasteiger partial charge is 0.493 e. The van der Waals surface area contributed by atoms with E-state index in [-0.39, 0.29) is 42.4 Å². The van der Waals surface area contributed by atoms with Crippen molar-refractivity contribution in [2.24, 2.45) is 5.92 Å². The normalized spacial score (nSPS) is 12.7. The average Bonchev–Trinajstić information content (AvgIpc) is 3.14. The summed E-state index contributed by atoms with van der Waals surface area (Å²) in [5.41, 5.74) is -4.07. The first-order chi connectivity index (χ1) is 29.4. The Morgan fingerprint density at radius 1 is 0.444 bits per heavy atom. The number of hydrogen-bond donors (Lipinski definition) is 0. The van der Waals surface area contributed by atoms with Gasteiger partial charge in [-0.25, -0.2) is 35.1 Å². The molecule has 0 aliphatic heterocycles. The number of benzene rings is 4. The summed E-state index contributed by atoms with van der Waals surface area (Å²) in [5.74, 6) is -13.2. The molecule has 0 aliphatic carbocycles. The summed E-state index contributed by atoms with van der Waals surface area (Å²) in [5, 5.41) is 0. The van der Waals surface area contributed by atoms with Gasteiger partial charge in [-0.3, -0.25) is 0 Å². The van der Waals surface area contributed by atoms with Gasteiger partial charge in [-0.05, 0) is 38.5 Å². The molecule has 1 unspecified atom stereocenters. The molecule has 0 aromatic heterocycles. The number of rotatable bonds is 24. The number of alkyl halides is 7. The molecule has 0 heterocycles. The molecule has 63 heavy (non-hydrogen) atoms. The Kier molecular flexibility index (Phi) is 17.8. The second-order valence-electron chi connectivity index (χ2n) is 15.0. The zero-order chi connectivity index (χ0) is 46.7. The van der Waals surface area contributed by atoms with Crippen molar-refractivity contribution >= 4 is 0 Å². The van der Waals surface area contributed by atoms with Gasteiger partial charge in [0.1, 0.15) is 75.1 Å². The second-order valence-corrected chi connectivity index (χ2v) is 15.0. The summed E-state index contributed by atoms with van der Waals surface area (Å²) in [6.45, 7) is 3.42. The lowest BCUT2D eigenvalue weighted by Crippen LogP contribution is -2.26. The van der Waals surface area contributed by atoms with Crippen LogP contribution in [-0.2, 0) is 19.0 Å². The van der Waals surface area contributed by atoms with Crippen LogP contribution in [0.25, 0.3) is 0 Å². The molecule has 0 saturated carbocycles. The maximum Gasteiger partial charge on any atom is 0.422 e. The minimum Gasteiger partial charge on any atom is -0.493 e. The van der Waals surface area contributed by atoms with Gasteiger partial charge in [-0.2, -0.15) is 30.7 Å². The predicted molar refractivity (Wildman–Crippen MR) is 200 cm³/mol. The van der Waals surface area contributed by atoms with E-state index >= 15 is 0 Å². The third-order valence-electron chi connectivity index (χ3n) is 9.87. The first-order valence-corrected chi connectivity index (χ1v) is 19.8. The number of hydrogen-bond acceptors (Lipinski definition) is 4. The van der Waals surface area contributed by atoms with Gasteiger partial charge in [-0.1, -0.05) is 45.4 Å². The van der Waals surface area contributed by atoms with E-state index in [0.29, 0.717) is 30.9 Å². The molecule has 19 heteroatoms. The number of halogens is 15. The highest BCUT2D eigenvalue weighted by molar-refractivity contribution is 5.34. The van der Waals surface area contributed by atoms with Crippen molar-refractivity contribution in [1.29, 1.82) is 0 Å².